The van der Waals surface area contributed by atoms with E-state index in [0.717, 1.165) is 11.9 Å². The average Bonchev–Trinajstić information content (AvgIpc) is 3.19. The lowest BCUT2D eigenvalue weighted by atomic mass is 9.83. The highest BCUT2D eigenvalue weighted by Gasteiger charge is 2.53. The maximum absolute atomic E-state index is 13.2. The number of halogens is 1. The van der Waals surface area contributed by atoms with Gasteiger partial charge >= 0.3 is 12.1 Å². The largest absolute Gasteiger partial charge is 0.467 e. The summed E-state index contributed by atoms with van der Waals surface area (Å²) in [7, 11) is 1.21. The Balaban J connectivity index is 1.57. The Morgan fingerprint density at radius 2 is 1.97 bits per heavy atom. The molecule has 0 saturated carbocycles. The second-order valence-electron chi connectivity index (χ2n) is 10.4. The number of hydrogen-bond acceptors (Lipinski definition) is 8. The number of hydrogen-bond donors (Lipinski definition) is 3. The van der Waals surface area contributed by atoms with Gasteiger partial charge in [-0.3, -0.25) is 19.1 Å². The first kappa shape index (κ1) is 30.6. The van der Waals surface area contributed by atoms with Crippen molar-refractivity contribution in [3.05, 3.63) is 34.9 Å². The second-order valence-corrected chi connectivity index (χ2v) is 11.9. The van der Waals surface area contributed by atoms with E-state index in [9.17, 15) is 24.0 Å². The third-order valence-electron chi connectivity index (χ3n) is 6.67. The van der Waals surface area contributed by atoms with Crippen LogP contribution < -0.4 is 15.4 Å². The van der Waals surface area contributed by atoms with Gasteiger partial charge in [0.15, 0.2) is 0 Å². The van der Waals surface area contributed by atoms with E-state index in [-0.39, 0.29) is 30.8 Å². The van der Waals surface area contributed by atoms with Crippen LogP contribution in [0.4, 0.5) is 4.79 Å². The van der Waals surface area contributed by atoms with Crippen LogP contribution in [0, 0.1) is 11.8 Å². The van der Waals surface area contributed by atoms with Crippen LogP contribution in [0.25, 0.3) is 0 Å². The van der Waals surface area contributed by atoms with Gasteiger partial charge in [0.1, 0.15) is 17.9 Å². The van der Waals surface area contributed by atoms with E-state index in [2.05, 4.69) is 15.4 Å². The van der Waals surface area contributed by atoms with Crippen LogP contribution in [0.5, 0.6) is 0 Å². The highest BCUT2D eigenvalue weighted by atomic mass is 35.5. The number of methoxy groups -OCH3 is 1. The van der Waals surface area contributed by atoms with Crippen LogP contribution in [0.2, 0.25) is 5.02 Å². The number of carbonyl (C=O) groups is 5. The summed E-state index contributed by atoms with van der Waals surface area (Å²) >= 11 is 6.84. The van der Waals surface area contributed by atoms with Gasteiger partial charge in [-0.25, -0.2) is 9.59 Å². The molecule has 1 aromatic carbocycles. The monoisotopic (exact) mass is 582 g/mol. The normalized spacial score (nSPS) is 19.1. The first-order chi connectivity index (χ1) is 18.4. The fourth-order valence-electron chi connectivity index (χ4n) is 4.75. The first-order valence-electron chi connectivity index (χ1n) is 12.7. The molecule has 2 aliphatic rings. The molecule has 0 radical (unpaired) electrons. The standard InChI is InChI=1S/C26H35ClN4O7S/c1-15(2)8-21(39-30-25(36)38-12-17-6-5-7-19(27)9-17)23(34)28-20(24(35)37-4)10-18-11-26(29-22(18)33)13-31(14-26)16(3)32/h5-7,9,15,18,20-21H,8,10-14H2,1-4H3,(H,28,34)(H,29,33)(H,30,36)/t18?,20?,21-/m0/s1. The Bertz CT molecular complexity index is 1100. The first-order valence-corrected chi connectivity index (χ1v) is 14.0. The minimum atomic E-state index is -1.05. The molecule has 0 aliphatic carbocycles. The van der Waals surface area contributed by atoms with Gasteiger partial charge in [0.25, 0.3) is 0 Å². The Labute approximate surface area is 237 Å². The highest BCUT2D eigenvalue weighted by molar-refractivity contribution is 7.99. The summed E-state index contributed by atoms with van der Waals surface area (Å²) in [6.07, 6.45) is 0.190. The molecule has 3 rings (SSSR count). The lowest BCUT2D eigenvalue weighted by Gasteiger charge is -2.47. The number of likely N-dealkylation sites (tertiary alicyclic amines) is 1. The number of ether oxygens (including phenoxy) is 2. The van der Waals surface area contributed by atoms with Gasteiger partial charge < -0.3 is 25.0 Å². The summed E-state index contributed by atoms with van der Waals surface area (Å²) in [4.78, 5) is 63.9. The Morgan fingerprint density at radius 1 is 1.26 bits per heavy atom. The van der Waals surface area contributed by atoms with E-state index in [1.165, 1.54) is 14.0 Å². The smallest absolute Gasteiger partial charge is 0.417 e. The van der Waals surface area contributed by atoms with Gasteiger partial charge in [0, 0.05) is 31.0 Å². The van der Waals surface area contributed by atoms with Gasteiger partial charge in [-0.2, -0.15) is 0 Å². The van der Waals surface area contributed by atoms with Crippen LogP contribution in [0.1, 0.15) is 45.6 Å². The predicted molar refractivity (Wildman–Crippen MR) is 145 cm³/mol. The number of esters is 1. The third-order valence-corrected chi connectivity index (χ3v) is 7.88. The zero-order chi connectivity index (χ0) is 28.7. The zero-order valence-corrected chi connectivity index (χ0v) is 24.0. The van der Waals surface area contributed by atoms with E-state index in [0.29, 0.717) is 36.5 Å². The van der Waals surface area contributed by atoms with Crippen LogP contribution in [0.3, 0.4) is 0 Å². The number of nitrogens with one attached hydrogen (secondary N) is 3. The van der Waals surface area contributed by atoms with Crippen LogP contribution in [-0.4, -0.2) is 71.7 Å². The minimum absolute atomic E-state index is 0.00747. The SMILES string of the molecule is COC(=O)C(CC1CC2(CN(C(C)=O)C2)NC1=O)NC(=O)[C@H](CC(C)C)SNC(=O)OCc1cccc(Cl)c1. The molecule has 11 nitrogen and oxygen atoms in total. The Hall–Kier alpha value is -2.99. The summed E-state index contributed by atoms with van der Waals surface area (Å²) in [6, 6.07) is 5.86. The quantitative estimate of drug-likeness (QED) is 0.267. The van der Waals surface area contributed by atoms with Crippen molar-refractivity contribution in [3.8, 4) is 0 Å². The van der Waals surface area contributed by atoms with E-state index in [1.54, 1.807) is 29.2 Å². The Morgan fingerprint density at radius 3 is 2.59 bits per heavy atom. The van der Waals surface area contributed by atoms with E-state index >= 15 is 0 Å². The molecule has 0 bridgehead atoms. The maximum atomic E-state index is 13.2. The van der Waals surface area contributed by atoms with Crippen molar-refractivity contribution in [2.45, 2.75) is 63.5 Å². The van der Waals surface area contributed by atoms with Gasteiger partial charge in [0.05, 0.1) is 12.6 Å². The molecule has 39 heavy (non-hydrogen) atoms. The van der Waals surface area contributed by atoms with E-state index < -0.39 is 40.7 Å². The summed E-state index contributed by atoms with van der Waals surface area (Å²) in [5.74, 6) is -1.85. The maximum Gasteiger partial charge on any atom is 0.417 e. The third kappa shape index (κ3) is 8.50. The topological polar surface area (TPSA) is 143 Å². The molecule has 3 atom stereocenters. The van der Waals surface area contributed by atoms with Crippen molar-refractivity contribution in [1.82, 2.24) is 20.3 Å². The Kier molecular flexibility index (Phi) is 10.5. The van der Waals surface area contributed by atoms with Gasteiger partial charge in [-0.1, -0.05) is 37.6 Å². The summed E-state index contributed by atoms with van der Waals surface area (Å²) in [5.41, 5.74) is 0.220. The van der Waals surface area contributed by atoms with Crippen molar-refractivity contribution < 1.29 is 33.4 Å². The van der Waals surface area contributed by atoms with Crippen molar-refractivity contribution in [3.63, 3.8) is 0 Å². The summed E-state index contributed by atoms with van der Waals surface area (Å²) in [6.45, 7) is 6.19. The van der Waals surface area contributed by atoms with E-state index in [4.69, 9.17) is 21.1 Å². The molecule has 2 aliphatic heterocycles. The minimum Gasteiger partial charge on any atom is -0.467 e. The lowest BCUT2D eigenvalue weighted by molar-refractivity contribution is -0.145. The molecule has 4 amide bonds. The zero-order valence-electron chi connectivity index (χ0n) is 22.5. The van der Waals surface area contributed by atoms with Gasteiger partial charge in [-0.15, -0.1) is 0 Å². The van der Waals surface area contributed by atoms with Crippen molar-refractivity contribution in [1.29, 1.82) is 0 Å². The number of benzene rings is 1. The predicted octanol–water partition coefficient (Wildman–Crippen LogP) is 2.41. The number of carbonyl (C=O) groups excluding carboxylic acids is 5. The number of amides is 4. The molecule has 13 heteroatoms. The van der Waals surface area contributed by atoms with Gasteiger partial charge in [0.2, 0.25) is 17.7 Å². The highest BCUT2D eigenvalue weighted by Crippen LogP contribution is 2.36. The van der Waals surface area contributed by atoms with Crippen LogP contribution in [-0.2, 0) is 35.3 Å². The van der Waals surface area contributed by atoms with Crippen molar-refractivity contribution in [2.75, 3.05) is 20.2 Å². The van der Waals surface area contributed by atoms with Crippen LogP contribution >= 0.6 is 23.5 Å². The fourth-order valence-corrected chi connectivity index (χ4v) is 5.92. The molecule has 214 valence electrons. The second kappa shape index (κ2) is 13.4. The number of rotatable bonds is 11. The molecular formula is C26H35ClN4O7S. The van der Waals surface area contributed by atoms with Gasteiger partial charge in [-0.05, 0) is 54.8 Å². The molecule has 2 saturated heterocycles. The molecule has 3 N–H and O–H groups in total. The number of nitrogens with zero attached hydrogens (tertiary/aromatic N) is 1. The van der Waals surface area contributed by atoms with Crippen LogP contribution in [0.15, 0.2) is 24.3 Å². The van der Waals surface area contributed by atoms with E-state index in [1.807, 2.05) is 13.8 Å². The molecule has 2 unspecified atom stereocenters. The summed E-state index contributed by atoms with van der Waals surface area (Å²) < 4.78 is 12.6. The molecule has 1 spiro atoms. The molecular weight excluding hydrogens is 548 g/mol. The average molecular weight is 583 g/mol. The fraction of sp³-hybridized carbons (Fsp3) is 0.577. The molecule has 2 fully saturated rings. The lowest BCUT2D eigenvalue weighted by Crippen LogP contribution is -2.68. The summed E-state index contributed by atoms with van der Waals surface area (Å²) in [5, 5.41) is 5.47. The van der Waals surface area contributed by atoms with Crippen molar-refractivity contribution >= 4 is 53.3 Å². The molecule has 1 aromatic rings. The molecule has 2 heterocycles. The van der Waals surface area contributed by atoms with Crippen molar-refractivity contribution in [2.24, 2.45) is 11.8 Å². The molecule has 0 aromatic heterocycles.